The topological polar surface area (TPSA) is 121 Å². The van der Waals surface area contributed by atoms with E-state index in [-0.39, 0.29) is 28.5 Å². The van der Waals surface area contributed by atoms with Crippen molar-refractivity contribution in [3.8, 4) is 0 Å². The van der Waals surface area contributed by atoms with Crippen molar-refractivity contribution in [3.05, 3.63) is 63.8 Å². The summed E-state index contributed by atoms with van der Waals surface area (Å²) in [7, 11) is 1.59. The van der Waals surface area contributed by atoms with Gasteiger partial charge in [0.15, 0.2) is 5.78 Å². The molecular weight excluding hydrogens is 467 g/mol. The lowest BCUT2D eigenvalue weighted by atomic mass is 9.94. The Bertz CT molecular complexity index is 1230. The molecule has 2 fully saturated rings. The molecule has 10 heteroatoms. The number of ketones is 1. The fourth-order valence-electron chi connectivity index (χ4n) is 4.53. The van der Waals surface area contributed by atoms with Crippen LogP contribution < -0.4 is 21.1 Å². The van der Waals surface area contributed by atoms with E-state index >= 15 is 0 Å². The van der Waals surface area contributed by atoms with Crippen molar-refractivity contribution in [1.29, 1.82) is 0 Å². The van der Waals surface area contributed by atoms with E-state index in [0.29, 0.717) is 38.2 Å². The number of halogens is 1. The number of hydrogen-bond donors (Lipinski definition) is 3. The first-order valence-corrected chi connectivity index (χ1v) is 12.1. The maximum Gasteiger partial charge on any atom is 0.252 e. The number of piperidine rings is 1. The summed E-state index contributed by atoms with van der Waals surface area (Å²) >= 11 is 0. The average Bonchev–Trinajstić information content (AvgIpc) is 3.64. The van der Waals surface area contributed by atoms with Crippen molar-refractivity contribution in [2.24, 2.45) is 13.0 Å². The number of pyridine rings is 1. The van der Waals surface area contributed by atoms with Gasteiger partial charge in [-0.05, 0) is 56.7 Å². The number of aliphatic hydroxyl groups excluding tert-OH is 1. The highest BCUT2D eigenvalue weighted by Crippen LogP contribution is 2.36. The van der Waals surface area contributed by atoms with E-state index in [1.54, 1.807) is 19.2 Å². The van der Waals surface area contributed by atoms with Gasteiger partial charge in [-0.3, -0.25) is 19.2 Å². The standard InChI is InChI=1S/C26H31FN4O5/c1-16(32)23(34)22-19(27)4-3-5-20(22)31-12-6-17(7-13-31)15-28-25(36)26(9-10-26)29-24(35)18-8-11-30(2)21(33)14-18/h3-5,8,11,14,16-17,32H,6-7,9-10,12-13,15H2,1-2H3,(H,28,36)(H,29,35). The Morgan fingerprint density at radius 2 is 1.89 bits per heavy atom. The molecule has 3 N–H and O–H groups in total. The average molecular weight is 499 g/mol. The number of carbonyl (C=O) groups excluding carboxylic acids is 3. The van der Waals surface area contributed by atoms with Gasteiger partial charge in [0.2, 0.25) is 5.91 Å². The van der Waals surface area contributed by atoms with E-state index in [4.69, 9.17) is 0 Å². The van der Waals surface area contributed by atoms with Crippen LogP contribution in [0.5, 0.6) is 0 Å². The third-order valence-electron chi connectivity index (χ3n) is 7.03. The molecule has 192 valence electrons. The first kappa shape index (κ1) is 25.6. The summed E-state index contributed by atoms with van der Waals surface area (Å²) in [4.78, 5) is 51.5. The molecule has 2 heterocycles. The van der Waals surface area contributed by atoms with E-state index in [2.05, 4.69) is 10.6 Å². The Balaban J connectivity index is 1.31. The smallest absolute Gasteiger partial charge is 0.252 e. The second-order valence-electron chi connectivity index (χ2n) is 9.72. The van der Waals surface area contributed by atoms with Crippen LogP contribution in [-0.4, -0.2) is 58.5 Å². The highest BCUT2D eigenvalue weighted by atomic mass is 19.1. The summed E-state index contributed by atoms with van der Waals surface area (Å²) in [5.41, 5.74) is -0.656. The zero-order valence-corrected chi connectivity index (χ0v) is 20.4. The van der Waals surface area contributed by atoms with Crippen molar-refractivity contribution in [2.45, 2.75) is 44.2 Å². The van der Waals surface area contributed by atoms with Crippen LogP contribution in [0.3, 0.4) is 0 Å². The third-order valence-corrected chi connectivity index (χ3v) is 7.03. The number of benzene rings is 1. The van der Waals surface area contributed by atoms with Crippen LogP contribution in [0.15, 0.2) is 41.3 Å². The number of carbonyl (C=O) groups is 3. The number of nitrogens with zero attached hydrogens (tertiary/aromatic N) is 2. The summed E-state index contributed by atoms with van der Waals surface area (Å²) in [6.07, 6.45) is 2.74. The zero-order valence-electron chi connectivity index (χ0n) is 20.4. The van der Waals surface area contributed by atoms with E-state index in [1.165, 1.54) is 35.9 Å². The van der Waals surface area contributed by atoms with Crippen molar-refractivity contribution >= 4 is 23.3 Å². The Labute approximate surface area is 208 Å². The number of anilines is 1. The van der Waals surface area contributed by atoms with Crippen LogP contribution in [0.25, 0.3) is 0 Å². The fraction of sp³-hybridized carbons (Fsp3) is 0.462. The first-order valence-electron chi connectivity index (χ1n) is 12.1. The normalized spacial score (nSPS) is 17.8. The van der Waals surface area contributed by atoms with Gasteiger partial charge in [-0.15, -0.1) is 0 Å². The molecule has 0 bridgehead atoms. The maximum atomic E-state index is 14.4. The summed E-state index contributed by atoms with van der Waals surface area (Å²) in [6, 6.07) is 7.23. The molecule has 4 rings (SSSR count). The van der Waals surface area contributed by atoms with E-state index in [0.717, 1.165) is 12.8 Å². The van der Waals surface area contributed by atoms with Crippen LogP contribution in [0.2, 0.25) is 0 Å². The number of aryl methyl sites for hydroxylation is 1. The number of rotatable bonds is 8. The molecule has 9 nitrogen and oxygen atoms in total. The van der Waals surface area contributed by atoms with Crippen LogP contribution in [0.1, 0.15) is 53.3 Å². The van der Waals surface area contributed by atoms with Crippen LogP contribution >= 0.6 is 0 Å². The highest BCUT2D eigenvalue weighted by Gasteiger charge is 2.51. The van der Waals surface area contributed by atoms with Crippen molar-refractivity contribution in [2.75, 3.05) is 24.5 Å². The Hall–Kier alpha value is -3.53. The van der Waals surface area contributed by atoms with Gasteiger partial charge in [0.05, 0.1) is 11.3 Å². The minimum absolute atomic E-state index is 0.0954. The van der Waals surface area contributed by atoms with Crippen LogP contribution in [0, 0.1) is 11.7 Å². The Kier molecular flexibility index (Phi) is 7.26. The Morgan fingerprint density at radius 3 is 2.50 bits per heavy atom. The molecule has 1 aliphatic carbocycles. The monoisotopic (exact) mass is 498 g/mol. The number of Topliss-reactive ketones (excluding diaryl/α,β-unsaturated/α-hetero) is 1. The van der Waals surface area contributed by atoms with Crippen molar-refractivity contribution in [1.82, 2.24) is 15.2 Å². The second-order valence-corrected chi connectivity index (χ2v) is 9.72. The molecular formula is C26H31FN4O5. The fourth-order valence-corrected chi connectivity index (χ4v) is 4.53. The number of aromatic nitrogens is 1. The summed E-state index contributed by atoms with van der Waals surface area (Å²) in [6.45, 7) is 2.92. The summed E-state index contributed by atoms with van der Waals surface area (Å²) in [5.74, 6) is -1.80. The molecule has 2 aliphatic rings. The molecule has 1 aromatic heterocycles. The molecule has 1 unspecified atom stereocenters. The molecule has 0 spiro atoms. The van der Waals surface area contributed by atoms with Crippen LogP contribution in [0.4, 0.5) is 10.1 Å². The minimum atomic E-state index is -1.30. The second kappa shape index (κ2) is 10.2. The zero-order chi connectivity index (χ0) is 26.0. The minimum Gasteiger partial charge on any atom is -0.385 e. The number of hydrogen-bond acceptors (Lipinski definition) is 6. The van der Waals surface area contributed by atoms with Crippen LogP contribution in [-0.2, 0) is 11.8 Å². The van der Waals surface area contributed by atoms with E-state index < -0.39 is 29.2 Å². The molecule has 1 saturated carbocycles. The van der Waals surface area contributed by atoms with Gasteiger partial charge >= 0.3 is 0 Å². The lowest BCUT2D eigenvalue weighted by Gasteiger charge is -2.35. The summed E-state index contributed by atoms with van der Waals surface area (Å²) in [5, 5.41) is 15.4. The number of aliphatic hydroxyl groups is 1. The molecule has 36 heavy (non-hydrogen) atoms. The largest absolute Gasteiger partial charge is 0.385 e. The van der Waals surface area contributed by atoms with Gasteiger partial charge in [-0.2, -0.15) is 0 Å². The Morgan fingerprint density at radius 1 is 1.19 bits per heavy atom. The van der Waals surface area contributed by atoms with Crippen molar-refractivity contribution in [3.63, 3.8) is 0 Å². The first-order chi connectivity index (χ1) is 17.1. The molecule has 0 radical (unpaired) electrons. The molecule has 1 atom stereocenters. The van der Waals surface area contributed by atoms with E-state index in [9.17, 15) is 28.7 Å². The SMILES string of the molecule is CC(O)C(=O)c1c(F)cccc1N1CCC(CNC(=O)C2(NC(=O)c3ccn(C)c(=O)c3)CC2)CC1. The lowest BCUT2D eigenvalue weighted by Crippen LogP contribution is -2.50. The van der Waals surface area contributed by atoms with Gasteiger partial charge in [-0.1, -0.05) is 6.07 Å². The quantitative estimate of drug-likeness (QED) is 0.473. The highest BCUT2D eigenvalue weighted by molar-refractivity contribution is 6.04. The lowest BCUT2D eigenvalue weighted by molar-refractivity contribution is -0.124. The van der Waals surface area contributed by atoms with Gasteiger partial charge in [0.1, 0.15) is 17.5 Å². The van der Waals surface area contributed by atoms with Gasteiger partial charge in [-0.25, -0.2) is 4.39 Å². The van der Waals surface area contributed by atoms with Gasteiger partial charge in [0.25, 0.3) is 11.5 Å². The molecule has 2 aromatic rings. The predicted octanol–water partition coefficient (Wildman–Crippen LogP) is 1.38. The van der Waals surface area contributed by atoms with Gasteiger partial charge < -0.3 is 25.2 Å². The molecule has 1 saturated heterocycles. The van der Waals surface area contributed by atoms with Gasteiger partial charge in [0, 0.05) is 44.5 Å². The van der Waals surface area contributed by atoms with Crippen molar-refractivity contribution < 1.29 is 23.9 Å². The number of nitrogens with one attached hydrogen (secondary N) is 2. The summed E-state index contributed by atoms with van der Waals surface area (Å²) < 4.78 is 15.8. The van der Waals surface area contributed by atoms with E-state index in [1.807, 2.05) is 4.90 Å². The number of amides is 2. The third kappa shape index (κ3) is 5.33. The molecule has 1 aromatic carbocycles. The molecule has 1 aliphatic heterocycles. The maximum absolute atomic E-state index is 14.4. The predicted molar refractivity (Wildman–Crippen MR) is 131 cm³/mol. The molecule has 2 amide bonds.